The van der Waals surface area contributed by atoms with Crippen LogP contribution in [0.25, 0.3) is 22.3 Å². The van der Waals surface area contributed by atoms with Crippen LogP contribution in [0.3, 0.4) is 0 Å². The van der Waals surface area contributed by atoms with Gasteiger partial charge in [0.15, 0.2) is 0 Å². The Morgan fingerprint density at radius 3 is 2.51 bits per heavy atom. The van der Waals surface area contributed by atoms with E-state index in [4.69, 9.17) is 21.1 Å². The predicted molar refractivity (Wildman–Crippen MR) is 146 cm³/mol. The van der Waals surface area contributed by atoms with Gasteiger partial charge >= 0.3 is 5.97 Å². The van der Waals surface area contributed by atoms with Gasteiger partial charge in [-0.1, -0.05) is 54.1 Å². The smallest absolute Gasteiger partial charge is 0.310 e. The topological polar surface area (TPSA) is 47.6 Å². The molecule has 1 aliphatic heterocycles. The van der Waals surface area contributed by atoms with Crippen molar-refractivity contribution >= 4 is 23.3 Å². The molecule has 0 unspecified atom stereocenters. The van der Waals surface area contributed by atoms with Gasteiger partial charge in [-0.3, -0.25) is 4.79 Å². The Morgan fingerprint density at radius 1 is 0.973 bits per heavy atom. The van der Waals surface area contributed by atoms with E-state index in [1.165, 1.54) is 13.2 Å². The molecule has 5 rings (SSSR count). The average molecular weight is 516 g/mol. The summed E-state index contributed by atoms with van der Waals surface area (Å²) in [6, 6.07) is 20.5. The number of rotatable bonds is 6. The minimum absolute atomic E-state index is 0.0678. The fraction of sp³-hybridized carbons (Fsp3) is 0.194. The summed E-state index contributed by atoms with van der Waals surface area (Å²) in [6.07, 6.45) is 0.0678. The van der Waals surface area contributed by atoms with Gasteiger partial charge in [0.25, 0.3) is 0 Å². The molecule has 0 amide bonds. The fourth-order valence-electron chi connectivity index (χ4n) is 5.14. The zero-order chi connectivity index (χ0) is 26.1. The summed E-state index contributed by atoms with van der Waals surface area (Å²) >= 11 is 6.39. The van der Waals surface area contributed by atoms with Crippen molar-refractivity contribution in [3.05, 3.63) is 105 Å². The molecule has 0 aromatic heterocycles. The van der Waals surface area contributed by atoms with Gasteiger partial charge < -0.3 is 14.8 Å². The lowest BCUT2D eigenvalue weighted by molar-refractivity contribution is -0.139. The number of anilines is 1. The van der Waals surface area contributed by atoms with Crippen molar-refractivity contribution in [1.82, 2.24) is 0 Å². The molecular formula is C31H27ClFNO3. The van der Waals surface area contributed by atoms with Crippen molar-refractivity contribution in [3.8, 4) is 28.0 Å². The molecule has 0 saturated carbocycles. The molecule has 0 bridgehead atoms. The van der Waals surface area contributed by atoms with Crippen LogP contribution in [0.5, 0.6) is 5.75 Å². The van der Waals surface area contributed by atoms with E-state index in [9.17, 15) is 4.79 Å². The highest BCUT2D eigenvalue weighted by molar-refractivity contribution is 6.30. The lowest BCUT2D eigenvalue weighted by Gasteiger charge is -2.30. The Balaban J connectivity index is 1.75. The lowest BCUT2D eigenvalue weighted by Crippen LogP contribution is -2.16. The molecule has 0 saturated heterocycles. The standard InChI is InChI=1S/C31H27ClFNO3/c1-18-24(15-27(35)36-3)28(19(2)29-30-21(16-34-31(18)29)10-7-11-25(30)33)23-13-12-22(32)14-26(23)37-17-20-8-5-4-6-9-20/h4-14,34H,15-17H2,1-3H3. The van der Waals surface area contributed by atoms with E-state index in [-0.39, 0.29) is 18.2 Å². The number of halogens is 2. The van der Waals surface area contributed by atoms with Crippen LogP contribution in [0.4, 0.5) is 10.1 Å². The van der Waals surface area contributed by atoms with Crippen LogP contribution < -0.4 is 10.1 Å². The van der Waals surface area contributed by atoms with Crippen molar-refractivity contribution < 1.29 is 18.7 Å². The van der Waals surface area contributed by atoms with Crippen LogP contribution in [0, 0.1) is 19.7 Å². The summed E-state index contributed by atoms with van der Waals surface area (Å²) in [5.74, 6) is -0.0414. The molecule has 1 N–H and O–H groups in total. The van der Waals surface area contributed by atoms with E-state index in [1.807, 2.05) is 56.3 Å². The molecule has 1 aliphatic rings. The zero-order valence-corrected chi connectivity index (χ0v) is 21.7. The molecule has 0 fully saturated rings. The zero-order valence-electron chi connectivity index (χ0n) is 21.0. The SMILES string of the molecule is COC(=O)Cc1c(C)c2c(c(C)c1-c1ccc(Cl)cc1OCc1ccccc1)-c1c(F)cccc1CN2. The Kier molecular flexibility index (Phi) is 6.90. The first kappa shape index (κ1) is 24.8. The fourth-order valence-corrected chi connectivity index (χ4v) is 5.30. The minimum atomic E-state index is -0.355. The summed E-state index contributed by atoms with van der Waals surface area (Å²) in [5.41, 5.74) is 8.25. The highest BCUT2D eigenvalue weighted by Crippen LogP contribution is 2.49. The number of fused-ring (bicyclic) bond motifs is 3. The summed E-state index contributed by atoms with van der Waals surface area (Å²) in [4.78, 5) is 12.5. The van der Waals surface area contributed by atoms with Crippen LogP contribution in [0.15, 0.2) is 66.7 Å². The normalized spacial score (nSPS) is 11.8. The number of nitrogens with one attached hydrogen (secondary N) is 1. The number of esters is 1. The largest absolute Gasteiger partial charge is 0.488 e. The second-order valence-corrected chi connectivity index (χ2v) is 9.59. The first-order valence-corrected chi connectivity index (χ1v) is 12.5. The molecule has 4 aromatic rings. The quantitative estimate of drug-likeness (QED) is 0.268. The number of hydrogen-bond acceptors (Lipinski definition) is 4. The van der Waals surface area contributed by atoms with E-state index in [2.05, 4.69) is 5.32 Å². The van der Waals surface area contributed by atoms with Crippen molar-refractivity contribution in [3.63, 3.8) is 0 Å². The van der Waals surface area contributed by atoms with Gasteiger partial charge in [0.1, 0.15) is 18.2 Å². The second-order valence-electron chi connectivity index (χ2n) is 9.15. The maximum absolute atomic E-state index is 15.3. The Labute approximate surface area is 221 Å². The Hall–Kier alpha value is -3.83. The van der Waals surface area contributed by atoms with E-state index in [0.29, 0.717) is 29.5 Å². The van der Waals surface area contributed by atoms with Gasteiger partial charge in [0, 0.05) is 33.9 Å². The lowest BCUT2D eigenvalue weighted by atomic mass is 9.80. The number of carbonyl (C=O) groups is 1. The highest BCUT2D eigenvalue weighted by atomic mass is 35.5. The third-order valence-corrected chi connectivity index (χ3v) is 7.17. The van der Waals surface area contributed by atoms with Crippen LogP contribution >= 0.6 is 11.6 Å². The summed E-state index contributed by atoms with van der Waals surface area (Å²) in [7, 11) is 1.38. The van der Waals surface area contributed by atoms with E-state index >= 15 is 4.39 Å². The van der Waals surface area contributed by atoms with Crippen molar-refractivity contribution in [1.29, 1.82) is 0 Å². The van der Waals surface area contributed by atoms with Gasteiger partial charge in [-0.2, -0.15) is 0 Å². The van der Waals surface area contributed by atoms with Crippen molar-refractivity contribution in [2.75, 3.05) is 12.4 Å². The highest BCUT2D eigenvalue weighted by Gasteiger charge is 2.29. The molecule has 0 aliphatic carbocycles. The number of carbonyl (C=O) groups excluding carboxylic acids is 1. The maximum Gasteiger partial charge on any atom is 0.310 e. The van der Waals surface area contributed by atoms with Crippen molar-refractivity contribution in [2.24, 2.45) is 0 Å². The predicted octanol–water partition coefficient (Wildman–Crippen LogP) is 7.65. The molecule has 37 heavy (non-hydrogen) atoms. The third-order valence-electron chi connectivity index (χ3n) is 6.93. The third kappa shape index (κ3) is 4.67. The van der Waals surface area contributed by atoms with Gasteiger partial charge in [0.2, 0.25) is 0 Å². The Morgan fingerprint density at radius 2 is 1.76 bits per heavy atom. The molecule has 6 heteroatoms. The van der Waals surface area contributed by atoms with Crippen LogP contribution in [0.2, 0.25) is 5.02 Å². The average Bonchev–Trinajstić information content (AvgIpc) is 2.91. The Bertz CT molecular complexity index is 1500. The van der Waals surface area contributed by atoms with E-state index < -0.39 is 0 Å². The molecule has 188 valence electrons. The summed E-state index contributed by atoms with van der Waals surface area (Å²) < 4.78 is 26.6. The first-order chi connectivity index (χ1) is 17.9. The molecule has 0 atom stereocenters. The monoisotopic (exact) mass is 515 g/mol. The number of methoxy groups -OCH3 is 1. The number of ether oxygens (including phenoxy) is 2. The molecule has 0 radical (unpaired) electrons. The maximum atomic E-state index is 15.3. The van der Waals surface area contributed by atoms with Crippen LogP contribution in [0.1, 0.15) is 27.8 Å². The van der Waals surface area contributed by atoms with Crippen molar-refractivity contribution in [2.45, 2.75) is 33.4 Å². The summed E-state index contributed by atoms with van der Waals surface area (Å²) in [5, 5.41) is 4.00. The number of hydrogen-bond donors (Lipinski definition) is 1. The molecule has 4 aromatic carbocycles. The van der Waals surface area contributed by atoms with E-state index in [0.717, 1.165) is 50.2 Å². The van der Waals surface area contributed by atoms with Gasteiger partial charge in [0.05, 0.1) is 13.5 Å². The number of benzene rings is 4. The first-order valence-electron chi connectivity index (χ1n) is 12.1. The van der Waals surface area contributed by atoms with E-state index in [1.54, 1.807) is 18.2 Å². The van der Waals surface area contributed by atoms with Crippen LogP contribution in [-0.2, 0) is 29.1 Å². The molecular weight excluding hydrogens is 489 g/mol. The molecule has 1 heterocycles. The van der Waals surface area contributed by atoms with Gasteiger partial charge in [-0.05, 0) is 71.5 Å². The minimum Gasteiger partial charge on any atom is -0.488 e. The van der Waals surface area contributed by atoms with Crippen LogP contribution in [-0.4, -0.2) is 13.1 Å². The van der Waals surface area contributed by atoms with Gasteiger partial charge in [-0.15, -0.1) is 0 Å². The van der Waals surface area contributed by atoms with Gasteiger partial charge in [-0.25, -0.2) is 4.39 Å². The second kappa shape index (κ2) is 10.3. The summed E-state index contributed by atoms with van der Waals surface area (Å²) in [6.45, 7) is 4.78. The molecule has 0 spiro atoms. The molecule has 4 nitrogen and oxygen atoms in total.